The van der Waals surface area contributed by atoms with Gasteiger partial charge in [0.1, 0.15) is 5.75 Å². The van der Waals surface area contributed by atoms with Gasteiger partial charge < -0.3 is 9.72 Å². The number of nitrogens with zero attached hydrogens (tertiary/aromatic N) is 1. The maximum absolute atomic E-state index is 5.62. The van der Waals surface area contributed by atoms with E-state index in [0.29, 0.717) is 6.61 Å². The van der Waals surface area contributed by atoms with Crippen LogP contribution in [0.4, 0.5) is 0 Å². The number of aryl methyl sites for hydroxylation is 1. The van der Waals surface area contributed by atoms with Crippen LogP contribution in [0, 0.1) is 6.92 Å². The molecule has 0 saturated heterocycles. The molecule has 4 heteroatoms. The van der Waals surface area contributed by atoms with Gasteiger partial charge in [-0.15, -0.1) is 0 Å². The van der Waals surface area contributed by atoms with Gasteiger partial charge in [-0.05, 0) is 24.6 Å². The molecule has 1 N–H and O–H groups in total. The molecule has 0 unspecified atom stereocenters. The molecule has 0 spiro atoms. The van der Waals surface area contributed by atoms with Crippen molar-refractivity contribution in [2.45, 2.75) is 12.1 Å². The fourth-order valence-electron chi connectivity index (χ4n) is 1.33. The highest BCUT2D eigenvalue weighted by atomic mass is 32.2. The van der Waals surface area contributed by atoms with E-state index in [9.17, 15) is 0 Å². The van der Waals surface area contributed by atoms with E-state index in [-0.39, 0.29) is 0 Å². The van der Waals surface area contributed by atoms with Gasteiger partial charge in [-0.3, -0.25) is 0 Å². The zero-order valence-corrected chi connectivity index (χ0v) is 9.96. The van der Waals surface area contributed by atoms with Gasteiger partial charge in [0.25, 0.3) is 0 Å². The summed E-state index contributed by atoms with van der Waals surface area (Å²) in [6, 6.07) is 8.08. The molecule has 2 aromatic rings. The average molecular weight is 234 g/mol. The molecule has 0 saturated carbocycles. The van der Waals surface area contributed by atoms with Crippen molar-refractivity contribution < 1.29 is 4.74 Å². The molecule has 1 aromatic carbocycles. The highest BCUT2D eigenvalue weighted by molar-refractivity contribution is 7.99. The van der Waals surface area contributed by atoms with Crippen LogP contribution in [0.5, 0.6) is 5.75 Å². The first-order valence-corrected chi connectivity index (χ1v) is 6.15. The van der Waals surface area contributed by atoms with Crippen molar-refractivity contribution in [2.75, 3.05) is 12.4 Å². The summed E-state index contributed by atoms with van der Waals surface area (Å²) in [6.45, 7) is 2.75. The van der Waals surface area contributed by atoms with Gasteiger partial charge in [0.15, 0.2) is 5.16 Å². The van der Waals surface area contributed by atoms with Gasteiger partial charge in [-0.1, -0.05) is 23.9 Å². The summed E-state index contributed by atoms with van der Waals surface area (Å²) in [4.78, 5) is 7.17. The third-order valence-electron chi connectivity index (χ3n) is 2.05. The van der Waals surface area contributed by atoms with Crippen LogP contribution in [-0.2, 0) is 0 Å². The second-order valence-corrected chi connectivity index (χ2v) is 4.49. The smallest absolute Gasteiger partial charge is 0.165 e. The van der Waals surface area contributed by atoms with Crippen molar-refractivity contribution in [2.24, 2.45) is 0 Å². The molecule has 84 valence electrons. The number of imidazole rings is 1. The normalized spacial score (nSPS) is 10.3. The summed E-state index contributed by atoms with van der Waals surface area (Å²) in [5.41, 5.74) is 1.22. The first-order chi connectivity index (χ1) is 7.84. The number of aromatic nitrogens is 2. The summed E-state index contributed by atoms with van der Waals surface area (Å²) in [5, 5.41) is 0.938. The molecule has 0 amide bonds. The number of benzene rings is 1. The molecular weight excluding hydrogens is 220 g/mol. The van der Waals surface area contributed by atoms with E-state index < -0.39 is 0 Å². The van der Waals surface area contributed by atoms with Gasteiger partial charge in [0, 0.05) is 18.1 Å². The first kappa shape index (κ1) is 11.1. The van der Waals surface area contributed by atoms with E-state index in [1.54, 1.807) is 18.0 Å². The van der Waals surface area contributed by atoms with Gasteiger partial charge in [-0.2, -0.15) is 0 Å². The number of aromatic amines is 1. The summed E-state index contributed by atoms with van der Waals surface area (Å²) in [5.74, 6) is 1.82. The molecule has 0 fully saturated rings. The van der Waals surface area contributed by atoms with E-state index in [4.69, 9.17) is 4.74 Å². The predicted octanol–water partition coefficient (Wildman–Crippen LogP) is 2.89. The molecule has 1 aromatic heterocycles. The summed E-state index contributed by atoms with van der Waals surface area (Å²) in [7, 11) is 0. The molecule has 0 aliphatic rings. The molecule has 0 atom stereocenters. The quantitative estimate of drug-likeness (QED) is 0.638. The van der Waals surface area contributed by atoms with E-state index >= 15 is 0 Å². The van der Waals surface area contributed by atoms with Gasteiger partial charge >= 0.3 is 0 Å². The van der Waals surface area contributed by atoms with Crippen LogP contribution >= 0.6 is 11.8 Å². The maximum atomic E-state index is 5.62. The van der Waals surface area contributed by atoms with Gasteiger partial charge in [0.05, 0.1) is 6.61 Å². The Morgan fingerprint density at radius 1 is 1.44 bits per heavy atom. The SMILES string of the molecule is Cc1cccc(OCCSc2ncc[nH]2)c1. The van der Waals surface area contributed by atoms with Crippen LogP contribution in [0.25, 0.3) is 0 Å². The lowest BCUT2D eigenvalue weighted by Gasteiger charge is -2.05. The van der Waals surface area contributed by atoms with E-state index in [2.05, 4.69) is 23.0 Å². The second-order valence-electron chi connectivity index (χ2n) is 3.41. The van der Waals surface area contributed by atoms with E-state index in [1.165, 1.54) is 5.56 Å². The zero-order valence-electron chi connectivity index (χ0n) is 9.14. The lowest BCUT2D eigenvalue weighted by atomic mass is 10.2. The summed E-state index contributed by atoms with van der Waals surface area (Å²) in [6.07, 6.45) is 3.58. The third kappa shape index (κ3) is 3.31. The van der Waals surface area contributed by atoms with Crippen LogP contribution in [0.15, 0.2) is 41.8 Å². The van der Waals surface area contributed by atoms with Crippen molar-refractivity contribution >= 4 is 11.8 Å². The topological polar surface area (TPSA) is 37.9 Å². The Kier molecular flexibility index (Phi) is 3.88. The number of nitrogens with one attached hydrogen (secondary N) is 1. The van der Waals surface area contributed by atoms with Crippen LogP contribution in [0.3, 0.4) is 0 Å². The van der Waals surface area contributed by atoms with Gasteiger partial charge in [-0.25, -0.2) is 4.98 Å². The number of rotatable bonds is 5. The fraction of sp³-hybridized carbons (Fsp3) is 0.250. The molecule has 3 nitrogen and oxygen atoms in total. The molecule has 0 radical (unpaired) electrons. The molecule has 0 aliphatic heterocycles. The molecule has 0 bridgehead atoms. The molecule has 16 heavy (non-hydrogen) atoms. The summed E-state index contributed by atoms with van der Waals surface area (Å²) < 4.78 is 5.62. The highest BCUT2D eigenvalue weighted by Gasteiger charge is 1.97. The minimum atomic E-state index is 0.689. The Labute approximate surface area is 99.2 Å². The number of hydrogen-bond acceptors (Lipinski definition) is 3. The number of thioether (sulfide) groups is 1. The number of H-pyrrole nitrogens is 1. The molecule has 1 heterocycles. The van der Waals surface area contributed by atoms with Crippen molar-refractivity contribution in [3.63, 3.8) is 0 Å². The minimum Gasteiger partial charge on any atom is -0.493 e. The van der Waals surface area contributed by atoms with Crippen LogP contribution in [0.2, 0.25) is 0 Å². The standard InChI is InChI=1S/C12H14N2OS/c1-10-3-2-4-11(9-10)15-7-8-16-12-13-5-6-14-12/h2-6,9H,7-8H2,1H3,(H,13,14). The van der Waals surface area contributed by atoms with Crippen molar-refractivity contribution in [3.8, 4) is 5.75 Å². The zero-order chi connectivity index (χ0) is 11.2. The Hall–Kier alpha value is -1.42. The maximum Gasteiger partial charge on any atom is 0.165 e. The van der Waals surface area contributed by atoms with Crippen LogP contribution in [-0.4, -0.2) is 22.3 Å². The highest BCUT2D eigenvalue weighted by Crippen LogP contribution is 2.14. The van der Waals surface area contributed by atoms with Crippen molar-refractivity contribution in [1.82, 2.24) is 9.97 Å². The number of hydrogen-bond donors (Lipinski definition) is 1. The lowest BCUT2D eigenvalue weighted by molar-refractivity contribution is 0.343. The molecular formula is C12H14N2OS. The monoisotopic (exact) mass is 234 g/mol. The third-order valence-corrected chi connectivity index (χ3v) is 2.92. The van der Waals surface area contributed by atoms with Crippen LogP contribution in [0.1, 0.15) is 5.56 Å². The Balaban J connectivity index is 1.72. The Morgan fingerprint density at radius 3 is 3.12 bits per heavy atom. The average Bonchev–Trinajstić information content (AvgIpc) is 2.77. The Bertz CT molecular complexity index is 428. The number of ether oxygens (including phenoxy) is 1. The van der Waals surface area contributed by atoms with Gasteiger partial charge in [0.2, 0.25) is 0 Å². The fourth-order valence-corrected chi connectivity index (χ4v) is 1.98. The van der Waals surface area contributed by atoms with Crippen LogP contribution < -0.4 is 4.74 Å². The Morgan fingerprint density at radius 2 is 2.38 bits per heavy atom. The predicted molar refractivity (Wildman–Crippen MR) is 66.0 cm³/mol. The molecule has 0 aliphatic carbocycles. The van der Waals surface area contributed by atoms with Crippen molar-refractivity contribution in [3.05, 3.63) is 42.2 Å². The molecule has 2 rings (SSSR count). The van der Waals surface area contributed by atoms with Crippen molar-refractivity contribution in [1.29, 1.82) is 0 Å². The van der Waals surface area contributed by atoms with E-state index in [1.807, 2.05) is 24.4 Å². The second kappa shape index (κ2) is 5.61. The minimum absolute atomic E-state index is 0.689. The van der Waals surface area contributed by atoms with E-state index in [0.717, 1.165) is 16.7 Å². The largest absolute Gasteiger partial charge is 0.493 e. The summed E-state index contributed by atoms with van der Waals surface area (Å²) >= 11 is 1.66. The first-order valence-electron chi connectivity index (χ1n) is 5.16. The lowest BCUT2D eigenvalue weighted by Crippen LogP contribution is -2.00.